The molecule has 0 saturated heterocycles. The number of hydrogen-bond donors (Lipinski definition) is 1. The van der Waals surface area contributed by atoms with Gasteiger partial charge in [-0.2, -0.15) is 0 Å². The maximum Gasteiger partial charge on any atom is 0.165 e. The Labute approximate surface area is 113 Å². The standard InChI is InChI=1S/C15H19N3O/c1-9-6-7-12(13(8-9)19-5)15-17-11(3)10(2)14(16-4)18-15/h6-8H,1-5H3,(H,16,17,18). The van der Waals surface area contributed by atoms with Crippen LogP contribution in [0.25, 0.3) is 11.4 Å². The third-order valence-corrected chi connectivity index (χ3v) is 3.22. The van der Waals surface area contributed by atoms with Gasteiger partial charge in [0.1, 0.15) is 11.6 Å². The number of anilines is 1. The van der Waals surface area contributed by atoms with Gasteiger partial charge >= 0.3 is 0 Å². The molecule has 0 atom stereocenters. The number of nitrogens with one attached hydrogen (secondary N) is 1. The molecule has 2 aromatic rings. The van der Waals surface area contributed by atoms with E-state index in [-0.39, 0.29) is 0 Å². The fourth-order valence-corrected chi connectivity index (χ4v) is 1.98. The summed E-state index contributed by atoms with van der Waals surface area (Å²) in [4.78, 5) is 9.12. The molecule has 0 bridgehead atoms. The Morgan fingerprint density at radius 2 is 1.84 bits per heavy atom. The Kier molecular flexibility index (Phi) is 3.69. The zero-order chi connectivity index (χ0) is 14.0. The van der Waals surface area contributed by atoms with Gasteiger partial charge in [0.05, 0.1) is 12.7 Å². The monoisotopic (exact) mass is 257 g/mol. The third-order valence-electron chi connectivity index (χ3n) is 3.22. The molecule has 4 nitrogen and oxygen atoms in total. The van der Waals surface area contributed by atoms with E-state index in [1.54, 1.807) is 7.11 Å². The molecule has 0 spiro atoms. The average Bonchev–Trinajstić information content (AvgIpc) is 2.41. The Morgan fingerprint density at radius 1 is 1.11 bits per heavy atom. The summed E-state index contributed by atoms with van der Waals surface area (Å²) in [5.74, 6) is 2.33. The van der Waals surface area contributed by atoms with Crippen LogP contribution in [-0.4, -0.2) is 24.1 Å². The average molecular weight is 257 g/mol. The first kappa shape index (κ1) is 13.3. The van der Waals surface area contributed by atoms with Crippen LogP contribution in [-0.2, 0) is 0 Å². The van der Waals surface area contributed by atoms with Crippen molar-refractivity contribution >= 4 is 5.82 Å². The Bertz CT molecular complexity index is 609. The number of aromatic nitrogens is 2. The molecule has 0 aliphatic rings. The molecular weight excluding hydrogens is 238 g/mol. The topological polar surface area (TPSA) is 47.0 Å². The molecule has 2 rings (SSSR count). The summed E-state index contributed by atoms with van der Waals surface area (Å²) < 4.78 is 5.42. The van der Waals surface area contributed by atoms with Gasteiger partial charge in [0, 0.05) is 18.3 Å². The molecule has 1 heterocycles. The van der Waals surface area contributed by atoms with E-state index in [0.29, 0.717) is 5.82 Å². The van der Waals surface area contributed by atoms with Gasteiger partial charge in [0.25, 0.3) is 0 Å². The Balaban J connectivity index is 2.62. The maximum atomic E-state index is 5.42. The second kappa shape index (κ2) is 5.26. The van der Waals surface area contributed by atoms with Crippen molar-refractivity contribution in [2.24, 2.45) is 0 Å². The van der Waals surface area contributed by atoms with E-state index in [0.717, 1.165) is 34.0 Å². The lowest BCUT2D eigenvalue weighted by Crippen LogP contribution is -2.03. The van der Waals surface area contributed by atoms with Crippen molar-refractivity contribution in [3.8, 4) is 17.1 Å². The quantitative estimate of drug-likeness (QED) is 0.917. The molecule has 0 aliphatic heterocycles. The van der Waals surface area contributed by atoms with Gasteiger partial charge in [0.15, 0.2) is 5.82 Å². The predicted molar refractivity (Wildman–Crippen MR) is 77.8 cm³/mol. The highest BCUT2D eigenvalue weighted by molar-refractivity contribution is 5.67. The van der Waals surface area contributed by atoms with E-state index in [1.165, 1.54) is 0 Å². The molecule has 4 heteroatoms. The van der Waals surface area contributed by atoms with Crippen LogP contribution < -0.4 is 10.1 Å². The van der Waals surface area contributed by atoms with Crippen molar-refractivity contribution in [2.45, 2.75) is 20.8 Å². The molecule has 0 radical (unpaired) electrons. The molecule has 0 saturated carbocycles. The number of aryl methyl sites for hydroxylation is 2. The van der Waals surface area contributed by atoms with Gasteiger partial charge < -0.3 is 10.1 Å². The van der Waals surface area contributed by atoms with Crippen LogP contribution in [0.1, 0.15) is 16.8 Å². The van der Waals surface area contributed by atoms with Crippen LogP contribution in [0.15, 0.2) is 18.2 Å². The van der Waals surface area contributed by atoms with Crippen LogP contribution in [0.3, 0.4) is 0 Å². The molecule has 100 valence electrons. The van der Waals surface area contributed by atoms with E-state index in [9.17, 15) is 0 Å². The highest BCUT2D eigenvalue weighted by atomic mass is 16.5. The summed E-state index contributed by atoms with van der Waals surface area (Å²) in [6.45, 7) is 6.03. The fourth-order valence-electron chi connectivity index (χ4n) is 1.98. The van der Waals surface area contributed by atoms with Crippen molar-refractivity contribution < 1.29 is 4.74 Å². The van der Waals surface area contributed by atoms with Crippen molar-refractivity contribution in [1.29, 1.82) is 0 Å². The second-order valence-corrected chi connectivity index (χ2v) is 4.56. The molecule has 0 aliphatic carbocycles. The van der Waals surface area contributed by atoms with Gasteiger partial charge in [-0.1, -0.05) is 6.07 Å². The van der Waals surface area contributed by atoms with Crippen LogP contribution >= 0.6 is 0 Å². The second-order valence-electron chi connectivity index (χ2n) is 4.56. The molecule has 19 heavy (non-hydrogen) atoms. The Hall–Kier alpha value is -2.10. The first-order chi connectivity index (χ1) is 9.06. The third kappa shape index (κ3) is 2.52. The SMILES string of the molecule is CNc1nc(-c2ccc(C)cc2OC)nc(C)c1C. The lowest BCUT2D eigenvalue weighted by molar-refractivity contribution is 0.416. The van der Waals surface area contributed by atoms with Crippen molar-refractivity contribution in [2.75, 3.05) is 19.5 Å². The summed E-state index contributed by atoms with van der Waals surface area (Å²) in [7, 11) is 3.53. The van der Waals surface area contributed by atoms with E-state index in [1.807, 2.05) is 46.0 Å². The predicted octanol–water partition coefficient (Wildman–Crippen LogP) is 3.12. The van der Waals surface area contributed by atoms with Crippen molar-refractivity contribution in [3.63, 3.8) is 0 Å². The van der Waals surface area contributed by atoms with Gasteiger partial charge in [-0.15, -0.1) is 0 Å². The van der Waals surface area contributed by atoms with E-state index >= 15 is 0 Å². The van der Waals surface area contributed by atoms with Gasteiger partial charge in [-0.3, -0.25) is 0 Å². The number of nitrogens with zero attached hydrogens (tertiary/aromatic N) is 2. The lowest BCUT2D eigenvalue weighted by atomic mass is 10.1. The van der Waals surface area contributed by atoms with Crippen LogP contribution in [0.2, 0.25) is 0 Å². The van der Waals surface area contributed by atoms with E-state index in [2.05, 4.69) is 15.3 Å². The molecule has 1 aromatic carbocycles. The molecule has 1 N–H and O–H groups in total. The number of rotatable bonds is 3. The summed E-state index contributed by atoms with van der Waals surface area (Å²) in [5, 5.41) is 3.10. The largest absolute Gasteiger partial charge is 0.496 e. The highest BCUT2D eigenvalue weighted by Crippen LogP contribution is 2.30. The number of hydrogen-bond acceptors (Lipinski definition) is 4. The molecular formula is C15H19N3O. The van der Waals surface area contributed by atoms with Crippen molar-refractivity contribution in [3.05, 3.63) is 35.0 Å². The minimum absolute atomic E-state index is 0.685. The summed E-state index contributed by atoms with van der Waals surface area (Å²) in [6, 6.07) is 6.03. The minimum Gasteiger partial charge on any atom is -0.496 e. The summed E-state index contributed by atoms with van der Waals surface area (Å²) in [5.41, 5.74) is 4.10. The van der Waals surface area contributed by atoms with Crippen LogP contribution in [0.5, 0.6) is 5.75 Å². The fraction of sp³-hybridized carbons (Fsp3) is 0.333. The highest BCUT2D eigenvalue weighted by Gasteiger charge is 2.12. The molecule has 0 unspecified atom stereocenters. The first-order valence-electron chi connectivity index (χ1n) is 6.24. The Morgan fingerprint density at radius 3 is 2.47 bits per heavy atom. The minimum atomic E-state index is 0.685. The molecule has 0 fully saturated rings. The van der Waals surface area contributed by atoms with E-state index < -0.39 is 0 Å². The summed E-state index contributed by atoms with van der Waals surface area (Å²) >= 11 is 0. The zero-order valence-corrected chi connectivity index (χ0v) is 12.0. The van der Waals surface area contributed by atoms with Crippen molar-refractivity contribution in [1.82, 2.24) is 9.97 Å². The first-order valence-corrected chi connectivity index (χ1v) is 6.24. The van der Waals surface area contributed by atoms with Gasteiger partial charge in [-0.05, 0) is 38.5 Å². The number of benzene rings is 1. The summed E-state index contributed by atoms with van der Waals surface area (Å²) in [6.07, 6.45) is 0. The number of methoxy groups -OCH3 is 1. The molecule has 0 amide bonds. The maximum absolute atomic E-state index is 5.42. The normalized spacial score (nSPS) is 10.4. The van der Waals surface area contributed by atoms with Gasteiger partial charge in [0.2, 0.25) is 0 Å². The lowest BCUT2D eigenvalue weighted by Gasteiger charge is -2.12. The zero-order valence-electron chi connectivity index (χ0n) is 12.0. The smallest absolute Gasteiger partial charge is 0.165 e. The number of ether oxygens (including phenoxy) is 1. The van der Waals surface area contributed by atoms with Gasteiger partial charge in [-0.25, -0.2) is 9.97 Å². The van der Waals surface area contributed by atoms with Crippen LogP contribution in [0, 0.1) is 20.8 Å². The van der Waals surface area contributed by atoms with Crippen LogP contribution in [0.4, 0.5) is 5.82 Å². The molecule has 1 aromatic heterocycles. The van der Waals surface area contributed by atoms with E-state index in [4.69, 9.17) is 4.74 Å².